The minimum absolute atomic E-state index is 0.0434. The largest absolute Gasteiger partial charge is 0.489 e. The van der Waals surface area contributed by atoms with E-state index in [0.717, 1.165) is 24.0 Å². The average Bonchev–Trinajstić information content (AvgIpc) is 3.42. The lowest BCUT2D eigenvalue weighted by atomic mass is 10.1. The summed E-state index contributed by atoms with van der Waals surface area (Å²) in [6, 6.07) is 16.1. The molecule has 11 heteroatoms. The van der Waals surface area contributed by atoms with Crippen LogP contribution in [-0.4, -0.2) is 42.7 Å². The molecule has 0 aliphatic carbocycles. The van der Waals surface area contributed by atoms with E-state index in [4.69, 9.17) is 9.47 Å². The van der Waals surface area contributed by atoms with Gasteiger partial charge in [0.1, 0.15) is 23.7 Å². The number of hydrogen-bond donors (Lipinski definition) is 1. The van der Waals surface area contributed by atoms with Gasteiger partial charge in [0, 0.05) is 42.6 Å². The Kier molecular flexibility index (Phi) is 7.41. The van der Waals surface area contributed by atoms with Crippen molar-refractivity contribution in [2.24, 2.45) is 0 Å². The Hall–Kier alpha value is -3.85. The summed E-state index contributed by atoms with van der Waals surface area (Å²) in [5.74, 6) is 1.14. The van der Waals surface area contributed by atoms with Gasteiger partial charge in [0.25, 0.3) is 10.0 Å². The zero-order chi connectivity index (χ0) is 25.7. The number of nitrogens with one attached hydrogen (secondary N) is 1. The number of nitriles is 1. The van der Waals surface area contributed by atoms with Gasteiger partial charge in [0.15, 0.2) is 5.13 Å². The molecule has 1 aliphatic heterocycles. The summed E-state index contributed by atoms with van der Waals surface area (Å²) >= 11 is 1.21. The van der Waals surface area contributed by atoms with E-state index in [-0.39, 0.29) is 11.0 Å². The van der Waals surface area contributed by atoms with Crippen molar-refractivity contribution in [1.29, 1.82) is 5.26 Å². The number of thiazole rings is 1. The van der Waals surface area contributed by atoms with Gasteiger partial charge in [0.2, 0.25) is 0 Å². The van der Waals surface area contributed by atoms with Gasteiger partial charge in [-0.05, 0) is 42.0 Å². The molecule has 188 valence electrons. The fourth-order valence-corrected chi connectivity index (χ4v) is 5.70. The molecule has 0 amide bonds. The Morgan fingerprint density at radius 2 is 1.89 bits per heavy atom. The molecule has 1 N–H and O–H groups in total. The quantitative estimate of drug-likeness (QED) is 0.353. The number of hydrogen-bond acceptors (Lipinski definition) is 9. The van der Waals surface area contributed by atoms with Gasteiger partial charge in [-0.25, -0.2) is 23.4 Å². The first-order valence-corrected chi connectivity index (χ1v) is 14.0. The predicted molar refractivity (Wildman–Crippen MR) is 139 cm³/mol. The number of sulfonamides is 1. The second-order valence-corrected chi connectivity index (χ2v) is 11.0. The van der Waals surface area contributed by atoms with Crippen LogP contribution in [0.5, 0.6) is 5.75 Å². The van der Waals surface area contributed by atoms with Crippen LogP contribution in [0, 0.1) is 11.3 Å². The molecule has 9 nitrogen and oxygen atoms in total. The van der Waals surface area contributed by atoms with Crippen molar-refractivity contribution in [2.45, 2.75) is 30.3 Å². The molecule has 1 saturated heterocycles. The van der Waals surface area contributed by atoms with Gasteiger partial charge >= 0.3 is 0 Å². The van der Waals surface area contributed by atoms with E-state index < -0.39 is 10.0 Å². The van der Waals surface area contributed by atoms with Crippen molar-refractivity contribution >= 4 is 26.5 Å². The fourth-order valence-electron chi connectivity index (χ4n) is 3.91. The second-order valence-electron chi connectivity index (χ2n) is 8.37. The maximum Gasteiger partial charge on any atom is 0.263 e. The standard InChI is InChI=1S/C26H23N5O4S2/c27-17-20-16-19(3-6-24(20)35-21-8-12-34-13-9-21)23-7-10-28-25(30-23)15-18-1-4-22(5-2-18)37(32,33)31-26-29-11-14-36-26/h1-7,10-11,14,16,21H,8-9,12-13,15H2,(H,29,31). The molecule has 0 unspecified atom stereocenters. The molecule has 2 aromatic heterocycles. The summed E-state index contributed by atoms with van der Waals surface area (Å²) in [5, 5.41) is 11.7. The van der Waals surface area contributed by atoms with Crippen LogP contribution < -0.4 is 9.46 Å². The number of anilines is 1. The summed E-state index contributed by atoms with van der Waals surface area (Å²) in [7, 11) is -3.71. The maximum atomic E-state index is 12.6. The third kappa shape index (κ3) is 6.11. The van der Waals surface area contributed by atoms with Crippen LogP contribution in [0.3, 0.4) is 0 Å². The van der Waals surface area contributed by atoms with Crippen LogP contribution in [0.2, 0.25) is 0 Å². The predicted octanol–water partition coefficient (Wildman–Crippen LogP) is 4.42. The van der Waals surface area contributed by atoms with Gasteiger partial charge in [-0.3, -0.25) is 4.72 Å². The molecule has 4 aromatic rings. The van der Waals surface area contributed by atoms with Gasteiger partial charge in [-0.1, -0.05) is 12.1 Å². The fraction of sp³-hybridized carbons (Fsp3) is 0.231. The summed E-state index contributed by atoms with van der Waals surface area (Å²) in [6.07, 6.45) is 5.28. The van der Waals surface area contributed by atoms with Crippen LogP contribution in [0.25, 0.3) is 11.3 Å². The van der Waals surface area contributed by atoms with Crippen LogP contribution in [-0.2, 0) is 21.2 Å². The number of benzene rings is 2. The van der Waals surface area contributed by atoms with E-state index in [9.17, 15) is 13.7 Å². The van der Waals surface area contributed by atoms with E-state index in [1.807, 2.05) is 12.1 Å². The minimum atomic E-state index is -3.71. The lowest BCUT2D eigenvalue weighted by Gasteiger charge is -2.23. The number of aromatic nitrogens is 3. The molecule has 0 atom stereocenters. The topological polar surface area (TPSA) is 127 Å². The van der Waals surface area contributed by atoms with E-state index in [2.05, 4.69) is 25.7 Å². The van der Waals surface area contributed by atoms with Crippen molar-refractivity contribution in [3.8, 4) is 23.1 Å². The van der Waals surface area contributed by atoms with Crippen LogP contribution in [0.15, 0.2) is 71.2 Å². The van der Waals surface area contributed by atoms with E-state index in [0.29, 0.717) is 47.6 Å². The highest BCUT2D eigenvalue weighted by molar-refractivity contribution is 7.93. The van der Waals surface area contributed by atoms with Gasteiger partial charge in [0.05, 0.1) is 29.4 Å². The maximum absolute atomic E-state index is 12.6. The highest BCUT2D eigenvalue weighted by atomic mass is 32.2. The third-order valence-corrected chi connectivity index (χ3v) is 7.99. The smallest absolute Gasteiger partial charge is 0.263 e. The molecule has 1 aliphatic rings. The molecular weight excluding hydrogens is 510 g/mol. The van der Waals surface area contributed by atoms with Crippen LogP contribution in [0.4, 0.5) is 5.13 Å². The molecule has 5 rings (SSSR count). The van der Waals surface area contributed by atoms with E-state index in [1.54, 1.807) is 48.0 Å². The molecular formula is C26H23N5O4S2. The molecule has 1 fully saturated rings. The van der Waals surface area contributed by atoms with Gasteiger partial charge in [-0.2, -0.15) is 5.26 Å². The Morgan fingerprint density at radius 3 is 2.62 bits per heavy atom. The zero-order valence-electron chi connectivity index (χ0n) is 19.7. The molecule has 3 heterocycles. The molecule has 0 radical (unpaired) electrons. The summed E-state index contributed by atoms with van der Waals surface area (Å²) < 4.78 is 39.0. The van der Waals surface area contributed by atoms with Crippen molar-refractivity contribution < 1.29 is 17.9 Å². The highest BCUT2D eigenvalue weighted by Crippen LogP contribution is 2.28. The average molecular weight is 534 g/mol. The highest BCUT2D eigenvalue weighted by Gasteiger charge is 2.18. The van der Waals surface area contributed by atoms with Crippen molar-refractivity contribution in [1.82, 2.24) is 15.0 Å². The Labute approximate surface area is 218 Å². The van der Waals surface area contributed by atoms with Crippen LogP contribution >= 0.6 is 11.3 Å². The molecule has 0 spiro atoms. The second kappa shape index (κ2) is 11.0. The van der Waals surface area contributed by atoms with Crippen LogP contribution in [0.1, 0.15) is 29.8 Å². The number of nitrogens with zero attached hydrogens (tertiary/aromatic N) is 4. The first-order valence-electron chi connectivity index (χ1n) is 11.6. The lowest BCUT2D eigenvalue weighted by molar-refractivity contribution is 0.0254. The molecule has 0 bridgehead atoms. The monoisotopic (exact) mass is 533 g/mol. The summed E-state index contributed by atoms with van der Waals surface area (Å²) in [4.78, 5) is 13.1. The van der Waals surface area contributed by atoms with E-state index in [1.165, 1.54) is 17.5 Å². The number of ether oxygens (including phenoxy) is 2. The SMILES string of the molecule is N#Cc1cc(-c2ccnc(Cc3ccc(S(=O)(=O)Nc4nccs4)cc3)n2)ccc1OC1CCOCC1. The van der Waals surface area contributed by atoms with Gasteiger partial charge < -0.3 is 9.47 Å². The molecule has 37 heavy (non-hydrogen) atoms. The van der Waals surface area contributed by atoms with Gasteiger partial charge in [-0.15, -0.1) is 11.3 Å². The third-order valence-electron chi connectivity index (χ3n) is 5.81. The first kappa shape index (κ1) is 24.8. The Morgan fingerprint density at radius 1 is 1.08 bits per heavy atom. The van der Waals surface area contributed by atoms with Crippen molar-refractivity contribution in [3.63, 3.8) is 0 Å². The Bertz CT molecular complexity index is 1510. The summed E-state index contributed by atoms with van der Waals surface area (Å²) in [6.45, 7) is 1.33. The van der Waals surface area contributed by atoms with Crippen molar-refractivity contribution in [3.05, 3.63) is 83.3 Å². The molecule has 0 saturated carbocycles. The first-order chi connectivity index (χ1) is 18.0. The number of rotatable bonds is 8. The lowest BCUT2D eigenvalue weighted by Crippen LogP contribution is -2.26. The molecule has 2 aromatic carbocycles. The Balaban J connectivity index is 1.29. The zero-order valence-corrected chi connectivity index (χ0v) is 21.3. The van der Waals surface area contributed by atoms with E-state index >= 15 is 0 Å². The minimum Gasteiger partial charge on any atom is -0.489 e. The van der Waals surface area contributed by atoms with Crippen molar-refractivity contribution in [2.75, 3.05) is 17.9 Å². The normalized spacial score (nSPS) is 14.1. The summed E-state index contributed by atoms with van der Waals surface area (Å²) in [5.41, 5.74) is 2.79.